The first kappa shape index (κ1) is 14.8. The minimum absolute atomic E-state index is 0.00963. The molecule has 2 heterocycles. The minimum atomic E-state index is -4.56. The number of aliphatic hydroxyl groups is 1. The van der Waals surface area contributed by atoms with Crippen LogP contribution in [0.15, 0.2) is 6.07 Å². The number of aromatic nitrogens is 2. The minimum Gasteiger partial charge on any atom is -0.396 e. The van der Waals surface area contributed by atoms with E-state index in [0.29, 0.717) is 13.1 Å². The molecule has 0 radical (unpaired) electrons. The summed E-state index contributed by atoms with van der Waals surface area (Å²) in [5.41, 5.74) is 1.01. The first-order valence-electron chi connectivity index (χ1n) is 6.22. The van der Waals surface area contributed by atoms with E-state index in [1.807, 2.05) is 5.43 Å². The van der Waals surface area contributed by atoms with Gasteiger partial charge in [0.2, 0.25) is 5.95 Å². The average molecular weight is 291 g/mol. The number of nitrogens with two attached hydrogens (primary N) is 1. The molecule has 1 fully saturated rings. The van der Waals surface area contributed by atoms with Gasteiger partial charge in [-0.05, 0) is 18.8 Å². The second-order valence-electron chi connectivity index (χ2n) is 4.71. The zero-order chi connectivity index (χ0) is 14.8. The Morgan fingerprint density at radius 3 is 2.80 bits per heavy atom. The quantitative estimate of drug-likeness (QED) is 0.568. The van der Waals surface area contributed by atoms with E-state index in [1.54, 1.807) is 4.90 Å². The molecule has 0 saturated carbocycles. The Morgan fingerprint density at radius 2 is 2.20 bits per heavy atom. The molecule has 1 aliphatic rings. The van der Waals surface area contributed by atoms with Crippen LogP contribution in [0.5, 0.6) is 0 Å². The molecule has 1 aromatic heterocycles. The summed E-state index contributed by atoms with van der Waals surface area (Å²) >= 11 is 0. The number of aliphatic hydroxyl groups excluding tert-OH is 1. The lowest BCUT2D eigenvalue weighted by Gasteiger charge is -2.33. The number of hydrogen-bond acceptors (Lipinski definition) is 6. The highest BCUT2D eigenvalue weighted by Gasteiger charge is 2.34. The van der Waals surface area contributed by atoms with Gasteiger partial charge in [0.15, 0.2) is 5.69 Å². The zero-order valence-corrected chi connectivity index (χ0v) is 10.7. The Balaban J connectivity index is 2.30. The summed E-state index contributed by atoms with van der Waals surface area (Å²) in [5.74, 6) is 5.05. The number of nitrogen functional groups attached to an aromatic ring is 1. The fourth-order valence-electron chi connectivity index (χ4n) is 2.23. The topological polar surface area (TPSA) is 87.3 Å². The van der Waals surface area contributed by atoms with Crippen molar-refractivity contribution in [1.82, 2.24) is 9.97 Å². The lowest BCUT2D eigenvalue weighted by molar-refractivity contribution is -0.141. The van der Waals surface area contributed by atoms with Crippen molar-refractivity contribution in [1.29, 1.82) is 0 Å². The molecule has 1 aromatic rings. The Kier molecular flexibility index (Phi) is 4.29. The molecule has 20 heavy (non-hydrogen) atoms. The largest absolute Gasteiger partial charge is 0.433 e. The number of halogens is 3. The summed E-state index contributed by atoms with van der Waals surface area (Å²) in [7, 11) is 0. The highest BCUT2D eigenvalue weighted by atomic mass is 19.4. The van der Waals surface area contributed by atoms with E-state index in [0.717, 1.165) is 18.9 Å². The molecule has 6 nitrogen and oxygen atoms in total. The molecule has 2 rings (SSSR count). The van der Waals surface area contributed by atoms with Crippen LogP contribution in [0.2, 0.25) is 0 Å². The van der Waals surface area contributed by atoms with Gasteiger partial charge in [-0.3, -0.25) is 5.43 Å². The van der Waals surface area contributed by atoms with Crippen LogP contribution in [0.3, 0.4) is 0 Å². The van der Waals surface area contributed by atoms with Crippen molar-refractivity contribution in [2.75, 3.05) is 30.0 Å². The first-order chi connectivity index (χ1) is 9.44. The van der Waals surface area contributed by atoms with Crippen LogP contribution >= 0.6 is 0 Å². The summed E-state index contributed by atoms with van der Waals surface area (Å²) in [6.07, 6.45) is -2.91. The SMILES string of the molecule is NNc1nc(N2CCCC(CO)C2)cc(C(F)(F)F)n1. The predicted molar refractivity (Wildman–Crippen MR) is 66.9 cm³/mol. The fourth-order valence-corrected chi connectivity index (χ4v) is 2.23. The van der Waals surface area contributed by atoms with Crippen molar-refractivity contribution in [2.24, 2.45) is 11.8 Å². The van der Waals surface area contributed by atoms with Crippen LogP contribution in [-0.2, 0) is 6.18 Å². The zero-order valence-electron chi connectivity index (χ0n) is 10.7. The van der Waals surface area contributed by atoms with Gasteiger partial charge in [0.05, 0.1) is 0 Å². The van der Waals surface area contributed by atoms with Gasteiger partial charge in [-0.1, -0.05) is 0 Å². The summed E-state index contributed by atoms with van der Waals surface area (Å²) in [5, 5.41) is 9.17. The first-order valence-corrected chi connectivity index (χ1v) is 6.22. The number of rotatable bonds is 3. The monoisotopic (exact) mass is 291 g/mol. The number of nitrogens with zero attached hydrogens (tertiary/aromatic N) is 3. The predicted octanol–water partition coefficient (Wildman–Crippen LogP) is 0.990. The molecule has 1 saturated heterocycles. The summed E-state index contributed by atoms with van der Waals surface area (Å²) < 4.78 is 38.3. The molecular weight excluding hydrogens is 275 g/mol. The second kappa shape index (κ2) is 5.80. The van der Waals surface area contributed by atoms with Crippen molar-refractivity contribution < 1.29 is 18.3 Å². The van der Waals surface area contributed by atoms with Gasteiger partial charge in [-0.25, -0.2) is 10.8 Å². The second-order valence-corrected chi connectivity index (χ2v) is 4.71. The van der Waals surface area contributed by atoms with E-state index in [2.05, 4.69) is 9.97 Å². The van der Waals surface area contributed by atoms with Crippen molar-refractivity contribution in [2.45, 2.75) is 19.0 Å². The van der Waals surface area contributed by atoms with E-state index in [9.17, 15) is 13.2 Å². The maximum atomic E-state index is 12.8. The van der Waals surface area contributed by atoms with Gasteiger partial charge in [0, 0.05) is 25.8 Å². The summed E-state index contributed by atoms with van der Waals surface area (Å²) in [6, 6.07) is 0.903. The van der Waals surface area contributed by atoms with E-state index < -0.39 is 11.9 Å². The molecule has 1 aliphatic heterocycles. The van der Waals surface area contributed by atoms with E-state index in [1.165, 1.54) is 0 Å². The van der Waals surface area contributed by atoms with Crippen molar-refractivity contribution >= 4 is 11.8 Å². The van der Waals surface area contributed by atoms with Gasteiger partial charge in [-0.2, -0.15) is 18.2 Å². The van der Waals surface area contributed by atoms with Crippen molar-refractivity contribution in [3.63, 3.8) is 0 Å². The number of hydrazine groups is 1. The van der Waals surface area contributed by atoms with Gasteiger partial charge >= 0.3 is 6.18 Å². The number of nitrogens with one attached hydrogen (secondary N) is 1. The standard InChI is InChI=1S/C11H16F3N5O/c12-11(13,14)8-4-9(17-10(16-8)18-15)19-3-1-2-7(5-19)6-20/h4,7,20H,1-3,5-6,15H2,(H,16,17,18). The third kappa shape index (κ3) is 3.28. The number of alkyl halides is 3. The lowest BCUT2D eigenvalue weighted by Crippen LogP contribution is -2.37. The van der Waals surface area contributed by atoms with Crippen LogP contribution in [-0.4, -0.2) is 34.8 Å². The van der Waals surface area contributed by atoms with Gasteiger partial charge < -0.3 is 10.0 Å². The highest BCUT2D eigenvalue weighted by Crippen LogP contribution is 2.31. The number of anilines is 2. The normalized spacial score (nSPS) is 20.1. The maximum absolute atomic E-state index is 12.8. The van der Waals surface area contributed by atoms with Crippen LogP contribution in [0.25, 0.3) is 0 Å². The Hall–Kier alpha value is -1.61. The Morgan fingerprint density at radius 1 is 1.45 bits per heavy atom. The molecule has 112 valence electrons. The lowest BCUT2D eigenvalue weighted by atomic mass is 9.99. The van der Waals surface area contributed by atoms with E-state index in [4.69, 9.17) is 10.9 Å². The molecule has 0 aromatic carbocycles. The third-order valence-electron chi connectivity index (χ3n) is 3.23. The average Bonchev–Trinajstić information content (AvgIpc) is 2.46. The fraction of sp³-hybridized carbons (Fsp3) is 0.636. The third-order valence-corrected chi connectivity index (χ3v) is 3.23. The van der Waals surface area contributed by atoms with Gasteiger partial charge in [0.25, 0.3) is 0 Å². The Labute approximate surface area is 113 Å². The van der Waals surface area contributed by atoms with E-state index >= 15 is 0 Å². The van der Waals surface area contributed by atoms with Crippen LogP contribution < -0.4 is 16.2 Å². The smallest absolute Gasteiger partial charge is 0.396 e. The van der Waals surface area contributed by atoms with Crippen LogP contribution in [0.1, 0.15) is 18.5 Å². The molecule has 0 spiro atoms. The van der Waals surface area contributed by atoms with Crippen LogP contribution in [0.4, 0.5) is 24.9 Å². The molecule has 9 heteroatoms. The highest BCUT2D eigenvalue weighted by molar-refractivity contribution is 5.45. The molecular formula is C11H16F3N5O. The summed E-state index contributed by atoms with van der Waals surface area (Å²) in [4.78, 5) is 8.97. The number of hydrogen-bond donors (Lipinski definition) is 3. The van der Waals surface area contributed by atoms with Crippen LogP contribution in [0, 0.1) is 5.92 Å². The molecule has 1 unspecified atom stereocenters. The van der Waals surface area contributed by atoms with Gasteiger partial charge in [0.1, 0.15) is 5.82 Å². The molecule has 0 aliphatic carbocycles. The van der Waals surface area contributed by atoms with Crippen molar-refractivity contribution in [3.05, 3.63) is 11.8 Å². The molecule has 4 N–H and O–H groups in total. The molecule has 1 atom stereocenters. The van der Waals surface area contributed by atoms with Gasteiger partial charge in [-0.15, -0.1) is 0 Å². The molecule has 0 amide bonds. The van der Waals surface area contributed by atoms with Crippen molar-refractivity contribution in [3.8, 4) is 0 Å². The molecule has 0 bridgehead atoms. The Bertz CT molecular complexity index is 468. The maximum Gasteiger partial charge on any atom is 0.433 e. The summed E-state index contributed by atoms with van der Waals surface area (Å²) in [6.45, 7) is 1.07. The number of piperidine rings is 1. The van der Waals surface area contributed by atoms with E-state index in [-0.39, 0.29) is 24.3 Å².